The number of aromatic nitrogens is 1. The molecule has 1 aromatic heterocycles. The van der Waals surface area contributed by atoms with E-state index in [1.807, 2.05) is 42.6 Å². The monoisotopic (exact) mass is 417 g/mol. The average molecular weight is 418 g/mol. The Balaban J connectivity index is 1.21. The van der Waals surface area contributed by atoms with Crippen LogP contribution in [0, 0.1) is 0 Å². The summed E-state index contributed by atoms with van der Waals surface area (Å²) < 4.78 is 5.73. The lowest BCUT2D eigenvalue weighted by atomic mass is 10.0. The first-order chi connectivity index (χ1) is 15.2. The molecule has 1 aliphatic heterocycles. The molecule has 0 radical (unpaired) electrons. The van der Waals surface area contributed by atoms with Crippen molar-refractivity contribution in [1.29, 1.82) is 0 Å². The van der Waals surface area contributed by atoms with Crippen LogP contribution in [-0.2, 0) is 0 Å². The third-order valence-corrected chi connectivity index (χ3v) is 5.41. The second-order valence-corrected chi connectivity index (χ2v) is 7.66. The number of rotatable bonds is 8. The van der Waals surface area contributed by atoms with E-state index in [-0.39, 0.29) is 12.4 Å². The van der Waals surface area contributed by atoms with E-state index in [1.165, 1.54) is 0 Å². The maximum absolute atomic E-state index is 12.5. The van der Waals surface area contributed by atoms with E-state index in [2.05, 4.69) is 14.8 Å². The molecular weight excluding hydrogens is 390 g/mol. The molecule has 2 aromatic carbocycles. The third kappa shape index (κ3) is 5.69. The van der Waals surface area contributed by atoms with Crippen LogP contribution >= 0.6 is 0 Å². The van der Waals surface area contributed by atoms with Crippen molar-refractivity contribution < 1.29 is 14.6 Å². The summed E-state index contributed by atoms with van der Waals surface area (Å²) in [6.45, 7) is 4.32. The third-order valence-electron chi connectivity index (χ3n) is 5.41. The van der Waals surface area contributed by atoms with Crippen LogP contribution in [-0.4, -0.2) is 66.2 Å². The Morgan fingerprint density at radius 3 is 2.26 bits per heavy atom. The number of β-amino-alcohol motifs (C(OH)–C–C–N with tert-alkyl or cyclic N) is 1. The van der Waals surface area contributed by atoms with Gasteiger partial charge in [-0.2, -0.15) is 0 Å². The molecule has 0 unspecified atom stereocenters. The largest absolute Gasteiger partial charge is 0.491 e. The molecule has 6 nitrogen and oxygen atoms in total. The number of carbonyl (C=O) groups is 1. The Morgan fingerprint density at radius 1 is 0.903 bits per heavy atom. The predicted octanol–water partition coefficient (Wildman–Crippen LogP) is 2.87. The minimum Gasteiger partial charge on any atom is -0.491 e. The summed E-state index contributed by atoms with van der Waals surface area (Å²) in [5.41, 5.74) is 1.28. The molecule has 0 aliphatic carbocycles. The van der Waals surface area contributed by atoms with Crippen LogP contribution in [0.4, 0.5) is 5.82 Å². The highest BCUT2D eigenvalue weighted by Crippen LogP contribution is 2.16. The summed E-state index contributed by atoms with van der Waals surface area (Å²) in [5.74, 6) is 1.63. The van der Waals surface area contributed by atoms with Gasteiger partial charge in [0, 0.05) is 50.0 Å². The first-order valence-corrected chi connectivity index (χ1v) is 10.6. The van der Waals surface area contributed by atoms with Crippen LogP contribution in [0.25, 0.3) is 0 Å². The topological polar surface area (TPSA) is 65.9 Å². The molecule has 0 bridgehead atoms. The van der Waals surface area contributed by atoms with Gasteiger partial charge in [-0.25, -0.2) is 4.98 Å². The van der Waals surface area contributed by atoms with E-state index in [0.29, 0.717) is 23.4 Å². The summed E-state index contributed by atoms with van der Waals surface area (Å²) in [5, 5.41) is 10.4. The number of hydrogen-bond donors (Lipinski definition) is 1. The summed E-state index contributed by atoms with van der Waals surface area (Å²) >= 11 is 0. The van der Waals surface area contributed by atoms with Gasteiger partial charge in [-0.3, -0.25) is 9.69 Å². The van der Waals surface area contributed by atoms with Crippen molar-refractivity contribution in [3.8, 4) is 5.75 Å². The smallest absolute Gasteiger partial charge is 0.193 e. The summed E-state index contributed by atoms with van der Waals surface area (Å²) in [6.07, 6.45) is 1.24. The molecule has 1 saturated heterocycles. The molecule has 2 heterocycles. The van der Waals surface area contributed by atoms with Gasteiger partial charge in [0.2, 0.25) is 0 Å². The van der Waals surface area contributed by atoms with E-state index < -0.39 is 6.10 Å². The number of piperazine rings is 1. The SMILES string of the molecule is O=C(c1ccccc1)c1ccc(OC[C@H](O)CN2CCN(c3ccccn3)CC2)cc1. The number of pyridine rings is 1. The van der Waals surface area contributed by atoms with Gasteiger partial charge in [0.05, 0.1) is 0 Å². The van der Waals surface area contributed by atoms with Gasteiger partial charge >= 0.3 is 0 Å². The molecule has 1 fully saturated rings. The Bertz CT molecular complexity index is 956. The lowest BCUT2D eigenvalue weighted by molar-refractivity contribution is 0.0662. The van der Waals surface area contributed by atoms with Crippen molar-refractivity contribution in [2.24, 2.45) is 0 Å². The number of nitrogens with zero attached hydrogens (tertiary/aromatic N) is 3. The zero-order valence-corrected chi connectivity index (χ0v) is 17.4. The summed E-state index contributed by atoms with van der Waals surface area (Å²) in [6, 6.07) is 22.2. The number of ketones is 1. The maximum Gasteiger partial charge on any atom is 0.193 e. The zero-order chi connectivity index (χ0) is 21.5. The van der Waals surface area contributed by atoms with E-state index in [9.17, 15) is 9.90 Å². The van der Waals surface area contributed by atoms with Gasteiger partial charge in [-0.1, -0.05) is 36.4 Å². The highest BCUT2D eigenvalue weighted by atomic mass is 16.5. The number of carbonyl (C=O) groups excluding carboxylic acids is 1. The second-order valence-electron chi connectivity index (χ2n) is 7.66. The Morgan fingerprint density at radius 2 is 1.58 bits per heavy atom. The molecule has 1 N–H and O–H groups in total. The van der Waals surface area contributed by atoms with E-state index in [4.69, 9.17) is 4.74 Å². The molecule has 31 heavy (non-hydrogen) atoms. The van der Waals surface area contributed by atoms with Crippen LogP contribution in [0.15, 0.2) is 79.0 Å². The molecule has 6 heteroatoms. The highest BCUT2D eigenvalue weighted by Gasteiger charge is 2.20. The van der Waals surface area contributed by atoms with Crippen LogP contribution in [0.1, 0.15) is 15.9 Å². The second kappa shape index (κ2) is 10.2. The lowest BCUT2D eigenvalue weighted by Gasteiger charge is -2.36. The van der Waals surface area contributed by atoms with Crippen molar-refractivity contribution in [3.05, 3.63) is 90.1 Å². The van der Waals surface area contributed by atoms with Gasteiger partial charge in [0.1, 0.15) is 24.3 Å². The van der Waals surface area contributed by atoms with Gasteiger partial charge in [-0.05, 0) is 36.4 Å². The fourth-order valence-electron chi connectivity index (χ4n) is 3.70. The van der Waals surface area contributed by atoms with Crippen molar-refractivity contribution in [2.75, 3.05) is 44.2 Å². The van der Waals surface area contributed by atoms with Crippen molar-refractivity contribution in [1.82, 2.24) is 9.88 Å². The summed E-state index contributed by atoms with van der Waals surface area (Å²) in [7, 11) is 0. The molecule has 0 amide bonds. The Hall–Kier alpha value is -3.22. The molecule has 160 valence electrons. The Labute approximate surface area is 182 Å². The van der Waals surface area contributed by atoms with E-state index in [0.717, 1.165) is 32.0 Å². The van der Waals surface area contributed by atoms with Gasteiger partial charge in [0.25, 0.3) is 0 Å². The van der Waals surface area contributed by atoms with Gasteiger partial charge in [-0.15, -0.1) is 0 Å². The maximum atomic E-state index is 12.5. The van der Waals surface area contributed by atoms with Crippen molar-refractivity contribution in [2.45, 2.75) is 6.10 Å². The van der Waals surface area contributed by atoms with E-state index >= 15 is 0 Å². The highest BCUT2D eigenvalue weighted by molar-refractivity contribution is 6.08. The fraction of sp³-hybridized carbons (Fsp3) is 0.280. The minimum atomic E-state index is -0.577. The summed E-state index contributed by atoms with van der Waals surface area (Å²) in [4.78, 5) is 21.4. The fourth-order valence-corrected chi connectivity index (χ4v) is 3.70. The first kappa shape index (κ1) is 21.0. The average Bonchev–Trinajstić information content (AvgIpc) is 2.84. The molecular formula is C25H27N3O3. The predicted molar refractivity (Wildman–Crippen MR) is 121 cm³/mol. The van der Waals surface area contributed by atoms with Crippen LogP contribution in [0.2, 0.25) is 0 Å². The van der Waals surface area contributed by atoms with Gasteiger partial charge in [0.15, 0.2) is 5.78 Å². The van der Waals surface area contributed by atoms with Crippen molar-refractivity contribution >= 4 is 11.6 Å². The number of ether oxygens (including phenoxy) is 1. The Kier molecular flexibility index (Phi) is 6.92. The van der Waals surface area contributed by atoms with Crippen LogP contribution in [0.5, 0.6) is 5.75 Å². The standard InChI is InChI=1S/C25H27N3O3/c29-22(18-27-14-16-28(17-15-27)24-8-4-5-13-26-24)19-31-23-11-9-21(10-12-23)25(30)20-6-2-1-3-7-20/h1-13,22,29H,14-19H2/t22-/m1/s1. The zero-order valence-electron chi connectivity index (χ0n) is 17.4. The number of hydrogen-bond acceptors (Lipinski definition) is 6. The molecule has 1 aliphatic rings. The molecule has 1 atom stereocenters. The first-order valence-electron chi connectivity index (χ1n) is 10.6. The molecule has 0 saturated carbocycles. The van der Waals surface area contributed by atoms with E-state index in [1.54, 1.807) is 36.4 Å². The number of benzene rings is 2. The van der Waals surface area contributed by atoms with Crippen LogP contribution in [0.3, 0.4) is 0 Å². The molecule has 0 spiro atoms. The lowest BCUT2D eigenvalue weighted by Crippen LogP contribution is -2.49. The number of aliphatic hydroxyl groups excluding tert-OH is 1. The molecule has 3 aromatic rings. The number of aliphatic hydroxyl groups is 1. The van der Waals surface area contributed by atoms with Crippen molar-refractivity contribution in [3.63, 3.8) is 0 Å². The quantitative estimate of drug-likeness (QED) is 0.569. The van der Waals surface area contributed by atoms with Gasteiger partial charge < -0.3 is 14.7 Å². The normalized spacial score (nSPS) is 15.5. The minimum absolute atomic E-state index is 0.0166. The van der Waals surface area contributed by atoms with Crippen LogP contribution < -0.4 is 9.64 Å². The number of anilines is 1. The molecule has 4 rings (SSSR count).